The summed E-state index contributed by atoms with van der Waals surface area (Å²) in [6, 6.07) is 51.0. The van der Waals surface area contributed by atoms with Crippen LogP contribution in [0.15, 0.2) is 246 Å². The number of halogens is 5. The predicted octanol–water partition coefficient (Wildman–Crippen LogP) is 14.9. The average molecular weight is 2100 g/mol. The quantitative estimate of drug-likeness (QED) is 0.0102. The molecule has 0 unspecified atom stereocenters. The van der Waals surface area contributed by atoms with Gasteiger partial charge in [-0.3, -0.25) is 47.1 Å². The van der Waals surface area contributed by atoms with E-state index in [1.807, 2.05) is 128 Å². The molecule has 45 heteroatoms. The van der Waals surface area contributed by atoms with E-state index < -0.39 is 0 Å². The number of aliphatic hydroxyl groups excluding tert-OH is 2. The van der Waals surface area contributed by atoms with E-state index >= 15 is 0 Å². The lowest BCUT2D eigenvalue weighted by Gasteiger charge is -2.21. The van der Waals surface area contributed by atoms with Crippen molar-refractivity contribution in [3.8, 4) is 0 Å². The summed E-state index contributed by atoms with van der Waals surface area (Å²) < 4.78 is 7.60. The number of aromatic nitrogens is 16. The number of fused-ring (bicyclic) bond motifs is 8. The van der Waals surface area contributed by atoms with E-state index in [1.165, 1.54) is 60.6 Å². The summed E-state index contributed by atoms with van der Waals surface area (Å²) in [5.74, 6) is 8.02. The number of likely N-dealkylation sites (N-methyl/N-ethyl adjacent to an activating group) is 4. The van der Waals surface area contributed by atoms with Gasteiger partial charge >= 0.3 is 0 Å². The fourth-order valence-electron chi connectivity index (χ4n) is 16.3. The van der Waals surface area contributed by atoms with Crippen LogP contribution in [0.5, 0.6) is 0 Å². The van der Waals surface area contributed by atoms with Crippen LogP contribution in [-0.4, -0.2) is 301 Å². The van der Waals surface area contributed by atoms with Crippen molar-refractivity contribution < 1.29 is 39.9 Å². The highest BCUT2D eigenvalue weighted by molar-refractivity contribution is 8.00. The number of Topliss-reactive ketones (excluding diaryl/α,β-unsaturated/α-hetero) is 2. The van der Waals surface area contributed by atoms with Crippen molar-refractivity contribution >= 4 is 221 Å². The standard InChI is InChI=1S/C25H29N7O2S.C23H25N7OS.2C23H24N6OS.C2H7NO2.5ClH.H3NO/c1-17(29-34-11-10-33)18-4-7-24-27-28-25(32(24)15-18)35-22-5-6-23-19(13-22)12-21(14-26-23)31-9-8-20(16-31)30(2)3;1-15(27-31)16-4-7-22-25-26-23(30(22)13-16)32-20-5-6-21-17(11-20)10-19(12-24-21)29-9-8-18(14-29)28(2)3;2*1-15(30)16-4-7-22-25-26-23(29(22)13-16)31-20-5-6-21-17(11-20)10-19(12-24-21)28-9-8-18(14-28)27(2)3;3-5-2-1-4;;;;;;1-2/h4-7,12-15,20,33H,8-11,16H2,1-3H3;4-7,10-13,18,31H,8-9,14H2,1-3H3;2*4-7,10-13,18H,8-9,14H2,1-3H3;4H,1-3H2;5*1H;2H,1H2/b29-17+;27-15+;;;;;;;;;/t20-;3*18-;;;;;;;/m0000......./s1. The third-order valence-corrected chi connectivity index (χ3v) is 28.1. The largest absolute Gasteiger partial charge is 0.411 e. The zero-order valence-corrected chi connectivity index (χ0v) is 87.3. The zero-order valence-electron chi connectivity index (χ0n) is 80.0. The number of hydrogen-bond acceptors (Lipinski definition) is 36. The van der Waals surface area contributed by atoms with Gasteiger partial charge in [-0.25, -0.2) is 11.8 Å². The van der Waals surface area contributed by atoms with Crippen LogP contribution in [-0.2, 0) is 9.68 Å². The van der Waals surface area contributed by atoms with Crippen molar-refractivity contribution in [2.75, 3.05) is 155 Å². The number of hydrogen-bond donors (Lipinski definition) is 6. The molecule has 0 amide bonds. The number of ketones is 2. The Bertz CT molecular complexity index is 6790. The first-order chi connectivity index (χ1) is 65.9. The van der Waals surface area contributed by atoms with Gasteiger partial charge in [-0.2, -0.15) is 0 Å². The van der Waals surface area contributed by atoms with E-state index in [4.69, 9.17) is 30.4 Å². The molecule has 8 N–H and O–H groups in total. The molecule has 0 radical (unpaired) electrons. The van der Waals surface area contributed by atoms with Crippen molar-refractivity contribution in [1.29, 1.82) is 0 Å². The Balaban J connectivity index is 0.000000187. The molecule has 0 bridgehead atoms. The minimum absolute atomic E-state index is 0. The molecule has 4 atom stereocenters. The lowest BCUT2D eigenvalue weighted by molar-refractivity contribution is 0.0938. The predicted molar refractivity (Wildman–Crippen MR) is 571 cm³/mol. The molecule has 12 aromatic heterocycles. The second-order valence-corrected chi connectivity index (χ2v) is 38.3. The van der Waals surface area contributed by atoms with E-state index in [-0.39, 0.29) is 100 Å². The van der Waals surface area contributed by atoms with Crippen molar-refractivity contribution in [2.45, 2.75) is 118 Å². The molecule has 16 aromatic rings. The maximum Gasteiger partial charge on any atom is 0.200 e. The Morgan fingerprint density at radius 2 is 0.638 bits per heavy atom. The summed E-state index contributed by atoms with van der Waals surface area (Å²) in [5, 5.41) is 81.5. The highest BCUT2D eigenvalue weighted by Gasteiger charge is 2.30. The van der Waals surface area contributed by atoms with Gasteiger partial charge in [0.05, 0.1) is 101 Å². The normalized spacial score (nSPS) is 15.7. The third-order valence-electron chi connectivity index (χ3n) is 24.3. The van der Waals surface area contributed by atoms with Gasteiger partial charge in [-0.1, -0.05) is 10.3 Å². The highest BCUT2D eigenvalue weighted by Crippen LogP contribution is 2.38. The summed E-state index contributed by atoms with van der Waals surface area (Å²) in [4.78, 5) is 74.4. The van der Waals surface area contributed by atoms with Crippen LogP contribution >= 0.6 is 109 Å². The van der Waals surface area contributed by atoms with E-state index in [0.29, 0.717) is 46.7 Å². The van der Waals surface area contributed by atoms with Crippen molar-refractivity contribution in [3.05, 3.63) is 217 Å². The maximum absolute atomic E-state index is 11.8. The topological polar surface area (TPSA) is 409 Å². The van der Waals surface area contributed by atoms with Crippen molar-refractivity contribution in [1.82, 2.24) is 97.9 Å². The lowest BCUT2D eigenvalue weighted by atomic mass is 10.2. The molecule has 4 saturated heterocycles. The average Bonchev–Trinajstić information content (AvgIpc) is 1.70. The number of pyridine rings is 8. The summed E-state index contributed by atoms with van der Waals surface area (Å²) >= 11 is 6.17. The molecular weight excluding hydrogens is 1980 g/mol. The van der Waals surface area contributed by atoms with Gasteiger partial charge in [0.15, 0.2) is 54.8 Å². The number of anilines is 4. The number of nitrogens with zero attached hydrogens (tertiary/aromatic N) is 26. The Morgan fingerprint density at radius 3 is 0.872 bits per heavy atom. The van der Waals surface area contributed by atoms with Crippen molar-refractivity contribution in [3.63, 3.8) is 0 Å². The first-order valence-corrected chi connectivity index (χ1v) is 47.7. The molecule has 0 spiro atoms. The molecule has 20 rings (SSSR count). The van der Waals surface area contributed by atoms with Crippen molar-refractivity contribution in [2.24, 2.45) is 22.1 Å². The number of aliphatic hydroxyl groups is 2. The summed E-state index contributed by atoms with van der Waals surface area (Å²) in [6.07, 6.45) is 20.0. The van der Waals surface area contributed by atoms with E-state index in [1.54, 1.807) is 68.8 Å². The number of nitrogens with two attached hydrogens (primary N) is 2. The second-order valence-electron chi connectivity index (χ2n) is 34.1. The fourth-order valence-corrected chi connectivity index (χ4v) is 19.7. The molecule has 0 aliphatic carbocycles. The molecule has 4 aliphatic rings. The highest BCUT2D eigenvalue weighted by atomic mass is 35.5. The monoisotopic (exact) mass is 2090 g/mol. The van der Waals surface area contributed by atoms with E-state index in [2.05, 4.69) is 245 Å². The molecule has 141 heavy (non-hydrogen) atoms. The van der Waals surface area contributed by atoms with Gasteiger partial charge in [-0.15, -0.1) is 103 Å². The van der Waals surface area contributed by atoms with Crippen LogP contribution in [0.25, 0.3) is 66.2 Å². The lowest BCUT2D eigenvalue weighted by Crippen LogP contribution is -2.31. The Kier molecular flexibility index (Phi) is 41.5. The Morgan fingerprint density at radius 1 is 0.376 bits per heavy atom. The van der Waals surface area contributed by atoms with E-state index in [0.717, 1.165) is 181 Å². The molecule has 748 valence electrons. The SMILES string of the molecule is C/C(=N\O)c1ccc2nnc(Sc3ccc4ncc(N5CC[C@H](N(C)C)C5)cc4c3)n2c1.C/C(=N\OCCO)c1ccc2nnc(Sc3ccc4ncc(N5CC[C@H](N(C)C)C5)cc4c3)n2c1.CC(=O)c1ccc2nnc(Sc3ccc4ncc(N5CC[C@H](N(C)C)C5)cc4c3)n2c1.CC(=O)c1ccc2nnc(Sc3ccc4ncc(N5CC[C@H](N(C)C)C5)cc4c3)n2c1.Cl.Cl.Cl.Cl.Cl.NO.NOCCO. The second kappa shape index (κ2) is 52.3. The summed E-state index contributed by atoms with van der Waals surface area (Å²) in [7, 11) is 17.2. The van der Waals surface area contributed by atoms with Gasteiger partial charge in [-0.05, 0) is 302 Å². The van der Waals surface area contributed by atoms with Crippen LogP contribution in [0, 0.1) is 0 Å². The fraction of sp³-hybridized carbons (Fsp3) is 0.333. The smallest absolute Gasteiger partial charge is 0.200 e. The first kappa shape index (κ1) is 112. The Labute approximate surface area is 864 Å². The molecule has 0 saturated carbocycles. The molecular formula is C96H117Cl5N28O8S4. The molecule has 4 aliphatic heterocycles. The third kappa shape index (κ3) is 27.7. The number of carbonyl (C=O) groups is 2. The Hall–Kier alpha value is -11.1. The molecule has 16 heterocycles. The van der Waals surface area contributed by atoms with Crippen LogP contribution in [0.3, 0.4) is 0 Å². The number of benzene rings is 4. The van der Waals surface area contributed by atoms with Crippen LogP contribution in [0.2, 0.25) is 0 Å². The minimum atomic E-state index is -0.0700. The number of rotatable bonds is 25. The molecule has 36 nitrogen and oxygen atoms in total. The van der Waals surface area contributed by atoms with Gasteiger partial charge in [0.1, 0.15) is 6.61 Å². The van der Waals surface area contributed by atoms with Gasteiger partial charge < -0.3 is 69.5 Å². The van der Waals surface area contributed by atoms with Crippen LogP contribution in [0.1, 0.15) is 85.2 Å². The van der Waals surface area contributed by atoms with Crippen LogP contribution < -0.4 is 31.4 Å². The zero-order chi connectivity index (χ0) is 95.8. The summed E-state index contributed by atoms with van der Waals surface area (Å²) in [5.41, 5.74) is 15.8. The minimum Gasteiger partial charge on any atom is -0.411 e. The first-order valence-electron chi connectivity index (χ1n) is 44.4. The van der Waals surface area contributed by atoms with E-state index in [9.17, 15) is 9.59 Å². The van der Waals surface area contributed by atoms with Crippen LogP contribution in [0.4, 0.5) is 22.7 Å². The molecule has 4 fully saturated rings. The number of oxime groups is 2. The maximum atomic E-state index is 11.8. The molecule has 4 aromatic carbocycles. The van der Waals surface area contributed by atoms with Gasteiger partial charge in [0, 0.05) is 165 Å². The van der Waals surface area contributed by atoms with Gasteiger partial charge in [0.25, 0.3) is 0 Å². The summed E-state index contributed by atoms with van der Waals surface area (Å²) in [6.45, 7) is 15.4. The van der Waals surface area contributed by atoms with Gasteiger partial charge in [0.2, 0.25) is 0 Å². The number of carbonyl (C=O) groups excluding carboxylic acids is 2.